The minimum Gasteiger partial charge on any atom is -0.477 e. The van der Waals surface area contributed by atoms with Gasteiger partial charge in [-0.15, -0.1) is 0 Å². The van der Waals surface area contributed by atoms with Crippen LogP contribution in [0.5, 0.6) is 0 Å². The summed E-state index contributed by atoms with van der Waals surface area (Å²) in [5, 5.41) is 0. The number of rotatable bonds is 1. The second-order valence-electron chi connectivity index (χ2n) is 1.95. The third-order valence-electron chi connectivity index (χ3n) is 1.34. The summed E-state index contributed by atoms with van der Waals surface area (Å²) >= 11 is 0. The highest BCUT2D eigenvalue weighted by Gasteiger charge is 2.12. The Kier molecular flexibility index (Phi) is 1.42. The number of hydrogen-bond donors (Lipinski definition) is 0. The number of ether oxygens (including phenoxy) is 1. The van der Waals surface area contributed by atoms with Crippen LogP contribution < -0.4 is 0 Å². The van der Waals surface area contributed by atoms with Gasteiger partial charge in [0.05, 0.1) is 0 Å². The molecular weight excluding hydrogens is 102 g/mol. The van der Waals surface area contributed by atoms with Crippen LogP contribution in [-0.2, 0) is 4.74 Å². The topological polar surface area (TPSA) is 12.5 Å². The second kappa shape index (κ2) is 2.07. The summed E-state index contributed by atoms with van der Waals surface area (Å²) in [7, 11) is 2.01. The molecule has 0 fully saturated rings. The molecule has 1 aliphatic rings. The van der Waals surface area contributed by atoms with Gasteiger partial charge in [-0.25, -0.2) is 0 Å². The SMILES string of the molecule is CCC1OC=CN1C. The molecule has 0 saturated carbocycles. The monoisotopic (exact) mass is 113 g/mol. The van der Waals surface area contributed by atoms with E-state index < -0.39 is 0 Å². The lowest BCUT2D eigenvalue weighted by Gasteiger charge is -2.16. The van der Waals surface area contributed by atoms with Crippen molar-refractivity contribution in [2.75, 3.05) is 7.05 Å². The first-order valence-corrected chi connectivity index (χ1v) is 2.88. The van der Waals surface area contributed by atoms with E-state index in [-0.39, 0.29) is 6.23 Å². The molecule has 0 saturated heterocycles. The lowest BCUT2D eigenvalue weighted by Crippen LogP contribution is -2.22. The van der Waals surface area contributed by atoms with Gasteiger partial charge >= 0.3 is 0 Å². The molecule has 1 unspecified atom stereocenters. The van der Waals surface area contributed by atoms with Gasteiger partial charge in [0.2, 0.25) is 0 Å². The van der Waals surface area contributed by atoms with Crippen LogP contribution >= 0.6 is 0 Å². The molecule has 0 N–H and O–H groups in total. The summed E-state index contributed by atoms with van der Waals surface area (Å²) in [6, 6.07) is 0. The van der Waals surface area contributed by atoms with E-state index in [0.717, 1.165) is 6.42 Å². The van der Waals surface area contributed by atoms with Crippen LogP contribution in [0.4, 0.5) is 0 Å². The van der Waals surface area contributed by atoms with Gasteiger partial charge < -0.3 is 9.64 Å². The smallest absolute Gasteiger partial charge is 0.170 e. The fourth-order valence-electron chi connectivity index (χ4n) is 0.798. The van der Waals surface area contributed by atoms with E-state index in [1.807, 2.05) is 13.2 Å². The largest absolute Gasteiger partial charge is 0.477 e. The Morgan fingerprint density at radius 2 is 2.50 bits per heavy atom. The first kappa shape index (κ1) is 5.48. The summed E-state index contributed by atoms with van der Waals surface area (Å²) < 4.78 is 5.16. The van der Waals surface area contributed by atoms with Crippen molar-refractivity contribution in [3.63, 3.8) is 0 Å². The standard InChI is InChI=1S/C6H11NO/c1-3-6-7(2)4-5-8-6/h4-6H,3H2,1-2H3. The fraction of sp³-hybridized carbons (Fsp3) is 0.667. The molecule has 0 aliphatic carbocycles. The zero-order valence-corrected chi connectivity index (χ0v) is 5.29. The predicted octanol–water partition coefficient (Wildman–Crippen LogP) is 1.16. The number of hydrogen-bond acceptors (Lipinski definition) is 2. The Hall–Kier alpha value is -0.660. The summed E-state index contributed by atoms with van der Waals surface area (Å²) in [5.41, 5.74) is 0. The highest BCUT2D eigenvalue weighted by molar-refractivity contribution is 4.82. The molecule has 0 bridgehead atoms. The first-order chi connectivity index (χ1) is 3.84. The maximum atomic E-state index is 5.16. The molecule has 46 valence electrons. The van der Waals surface area contributed by atoms with E-state index in [1.165, 1.54) is 0 Å². The fourth-order valence-corrected chi connectivity index (χ4v) is 0.798. The quantitative estimate of drug-likeness (QED) is 0.506. The molecule has 1 atom stereocenters. The van der Waals surface area contributed by atoms with E-state index in [9.17, 15) is 0 Å². The normalized spacial score (nSPS) is 26.2. The minimum atomic E-state index is 0.287. The Morgan fingerprint density at radius 1 is 1.75 bits per heavy atom. The van der Waals surface area contributed by atoms with Gasteiger partial charge in [-0.3, -0.25) is 0 Å². The van der Waals surface area contributed by atoms with Crippen molar-refractivity contribution in [2.24, 2.45) is 0 Å². The van der Waals surface area contributed by atoms with Gasteiger partial charge in [0.15, 0.2) is 6.23 Å². The molecule has 1 rings (SSSR count). The average Bonchev–Trinajstić information content (AvgIpc) is 2.14. The Balaban J connectivity index is 2.38. The summed E-state index contributed by atoms with van der Waals surface area (Å²) in [6.07, 6.45) is 5.00. The van der Waals surface area contributed by atoms with Crippen LogP contribution in [0.1, 0.15) is 13.3 Å². The van der Waals surface area contributed by atoms with E-state index >= 15 is 0 Å². The third-order valence-corrected chi connectivity index (χ3v) is 1.34. The molecule has 2 heteroatoms. The minimum absolute atomic E-state index is 0.287. The lowest BCUT2D eigenvalue weighted by atomic mass is 10.4. The third kappa shape index (κ3) is 0.782. The van der Waals surface area contributed by atoms with Crippen LogP contribution in [0, 0.1) is 0 Å². The summed E-state index contributed by atoms with van der Waals surface area (Å²) in [5.74, 6) is 0. The molecule has 0 aromatic rings. The average molecular weight is 113 g/mol. The maximum Gasteiger partial charge on any atom is 0.170 e. The van der Waals surface area contributed by atoms with E-state index in [2.05, 4.69) is 11.8 Å². The maximum absolute atomic E-state index is 5.16. The van der Waals surface area contributed by atoms with Crippen molar-refractivity contribution in [3.8, 4) is 0 Å². The van der Waals surface area contributed by atoms with E-state index in [4.69, 9.17) is 4.74 Å². The van der Waals surface area contributed by atoms with Gasteiger partial charge in [-0.2, -0.15) is 0 Å². The van der Waals surface area contributed by atoms with Gasteiger partial charge in [0.1, 0.15) is 6.26 Å². The molecule has 1 heterocycles. The van der Waals surface area contributed by atoms with E-state index in [0.29, 0.717) is 0 Å². The van der Waals surface area contributed by atoms with Gasteiger partial charge in [-0.05, 0) is 0 Å². The van der Waals surface area contributed by atoms with Crippen molar-refractivity contribution < 1.29 is 4.74 Å². The van der Waals surface area contributed by atoms with Crippen molar-refractivity contribution in [3.05, 3.63) is 12.5 Å². The molecule has 0 aromatic carbocycles. The Morgan fingerprint density at radius 3 is 2.75 bits per heavy atom. The predicted molar refractivity (Wildman–Crippen MR) is 32.1 cm³/mol. The molecule has 8 heavy (non-hydrogen) atoms. The first-order valence-electron chi connectivity index (χ1n) is 2.88. The van der Waals surface area contributed by atoms with Crippen molar-refractivity contribution in [1.29, 1.82) is 0 Å². The van der Waals surface area contributed by atoms with E-state index in [1.54, 1.807) is 6.26 Å². The molecule has 1 aliphatic heterocycles. The summed E-state index contributed by atoms with van der Waals surface area (Å²) in [4.78, 5) is 2.06. The highest BCUT2D eigenvalue weighted by atomic mass is 16.5. The van der Waals surface area contributed by atoms with Crippen LogP contribution in [0.15, 0.2) is 12.5 Å². The zero-order chi connectivity index (χ0) is 5.98. The van der Waals surface area contributed by atoms with Crippen molar-refractivity contribution in [2.45, 2.75) is 19.6 Å². The summed E-state index contributed by atoms with van der Waals surface area (Å²) in [6.45, 7) is 2.11. The van der Waals surface area contributed by atoms with Crippen LogP contribution in [0.3, 0.4) is 0 Å². The Labute approximate surface area is 49.7 Å². The van der Waals surface area contributed by atoms with Crippen LogP contribution in [0.25, 0.3) is 0 Å². The van der Waals surface area contributed by atoms with Crippen molar-refractivity contribution >= 4 is 0 Å². The molecular formula is C6H11NO. The Bertz CT molecular complexity index is 101. The molecule has 0 spiro atoms. The molecule has 0 amide bonds. The van der Waals surface area contributed by atoms with Gasteiger partial charge in [0.25, 0.3) is 0 Å². The highest BCUT2D eigenvalue weighted by Crippen LogP contribution is 2.10. The van der Waals surface area contributed by atoms with Crippen LogP contribution in [0.2, 0.25) is 0 Å². The lowest BCUT2D eigenvalue weighted by molar-refractivity contribution is 0.0699. The van der Waals surface area contributed by atoms with Crippen molar-refractivity contribution in [1.82, 2.24) is 4.90 Å². The van der Waals surface area contributed by atoms with Gasteiger partial charge in [0, 0.05) is 19.7 Å². The second-order valence-corrected chi connectivity index (χ2v) is 1.95. The zero-order valence-electron chi connectivity index (χ0n) is 5.29. The van der Waals surface area contributed by atoms with Crippen LogP contribution in [-0.4, -0.2) is 18.2 Å². The molecule has 0 radical (unpaired) electrons. The number of nitrogens with zero attached hydrogens (tertiary/aromatic N) is 1. The molecule has 2 nitrogen and oxygen atoms in total. The van der Waals surface area contributed by atoms with Gasteiger partial charge in [-0.1, -0.05) is 6.92 Å². The molecule has 0 aromatic heterocycles.